The Balaban J connectivity index is 1.66. The highest BCUT2D eigenvalue weighted by Crippen LogP contribution is 2.30. The normalized spacial score (nSPS) is 10.7. The van der Waals surface area contributed by atoms with Crippen LogP contribution in [0.1, 0.15) is 5.56 Å². The molecule has 0 unspecified atom stereocenters. The van der Waals surface area contributed by atoms with Crippen molar-refractivity contribution in [3.8, 4) is 11.5 Å². The van der Waals surface area contributed by atoms with E-state index in [0.717, 1.165) is 5.56 Å². The van der Waals surface area contributed by atoms with Crippen LogP contribution < -0.4 is 20.3 Å². The molecule has 2 aromatic carbocycles. The summed E-state index contributed by atoms with van der Waals surface area (Å²) in [6, 6.07) is 12.7. The maximum absolute atomic E-state index is 12.4. The van der Waals surface area contributed by atoms with Crippen LogP contribution in [0.5, 0.6) is 11.5 Å². The molecule has 7 nitrogen and oxygen atoms in total. The predicted octanol–water partition coefficient (Wildman–Crippen LogP) is 2.36. The number of benzene rings is 2. The number of hydrogen-bond donors (Lipinski definition) is 1. The molecule has 0 bridgehead atoms. The molecule has 146 valence electrons. The Bertz CT molecular complexity index is 1060. The number of aromatic nitrogens is 2. The van der Waals surface area contributed by atoms with Crippen LogP contribution in [0.3, 0.4) is 0 Å². The predicted molar refractivity (Wildman–Crippen MR) is 109 cm³/mol. The number of fused-ring (bicyclic) bond motifs is 1. The summed E-state index contributed by atoms with van der Waals surface area (Å²) in [6.45, 7) is 0.309. The van der Waals surface area contributed by atoms with Crippen LogP contribution in [0.4, 0.5) is 0 Å². The molecule has 0 saturated heterocycles. The molecule has 0 aliphatic heterocycles. The van der Waals surface area contributed by atoms with E-state index in [0.29, 0.717) is 34.1 Å². The van der Waals surface area contributed by atoms with E-state index in [2.05, 4.69) is 10.3 Å². The molecule has 0 fully saturated rings. The first-order valence-electron chi connectivity index (χ1n) is 8.60. The zero-order valence-electron chi connectivity index (χ0n) is 15.9. The third-order valence-corrected chi connectivity index (χ3v) is 5.26. The summed E-state index contributed by atoms with van der Waals surface area (Å²) in [6.07, 6.45) is 0. The smallest absolute Gasteiger partial charge is 0.261 e. The van der Waals surface area contributed by atoms with Gasteiger partial charge in [-0.15, -0.1) is 0 Å². The van der Waals surface area contributed by atoms with E-state index in [-0.39, 0.29) is 17.2 Å². The van der Waals surface area contributed by atoms with Crippen molar-refractivity contribution in [3.05, 3.63) is 58.4 Å². The lowest BCUT2D eigenvalue weighted by molar-refractivity contribution is -0.118. The number of carbonyl (C=O) groups is 1. The largest absolute Gasteiger partial charge is 0.493 e. The zero-order chi connectivity index (χ0) is 20.1. The van der Waals surface area contributed by atoms with Crippen molar-refractivity contribution in [2.24, 2.45) is 7.05 Å². The average molecular weight is 399 g/mol. The highest BCUT2D eigenvalue weighted by molar-refractivity contribution is 7.99. The number of hydrogen-bond acceptors (Lipinski definition) is 6. The SMILES string of the molecule is COc1cccc(CNC(=O)CSc2nc3ccccc3c(=O)n2C)c1OC. The fourth-order valence-corrected chi connectivity index (χ4v) is 3.60. The molecular formula is C20H21N3O4S. The maximum atomic E-state index is 12.4. The van der Waals surface area contributed by atoms with Crippen molar-refractivity contribution < 1.29 is 14.3 Å². The van der Waals surface area contributed by atoms with Crippen LogP contribution in [-0.4, -0.2) is 35.4 Å². The summed E-state index contributed by atoms with van der Waals surface area (Å²) in [5.41, 5.74) is 1.31. The first-order valence-corrected chi connectivity index (χ1v) is 9.59. The molecule has 3 aromatic rings. The van der Waals surface area contributed by atoms with Gasteiger partial charge in [0.1, 0.15) is 0 Å². The van der Waals surface area contributed by atoms with Gasteiger partial charge in [0.25, 0.3) is 5.56 Å². The van der Waals surface area contributed by atoms with Crippen molar-refractivity contribution in [3.63, 3.8) is 0 Å². The van der Waals surface area contributed by atoms with Gasteiger partial charge >= 0.3 is 0 Å². The third-order valence-electron chi connectivity index (χ3n) is 4.23. The summed E-state index contributed by atoms with van der Waals surface area (Å²) in [4.78, 5) is 29.2. The Hall–Kier alpha value is -3.00. The number of para-hydroxylation sites is 2. The molecule has 0 radical (unpaired) electrons. The number of carbonyl (C=O) groups excluding carboxylic acids is 1. The lowest BCUT2D eigenvalue weighted by atomic mass is 10.2. The monoisotopic (exact) mass is 399 g/mol. The summed E-state index contributed by atoms with van der Waals surface area (Å²) >= 11 is 1.22. The molecule has 0 spiro atoms. The van der Waals surface area contributed by atoms with Gasteiger partial charge in [0, 0.05) is 19.2 Å². The van der Waals surface area contributed by atoms with Crippen LogP contribution in [-0.2, 0) is 18.4 Å². The lowest BCUT2D eigenvalue weighted by Gasteiger charge is -2.13. The van der Waals surface area contributed by atoms with Crippen LogP contribution in [0, 0.1) is 0 Å². The Morgan fingerprint density at radius 1 is 1.14 bits per heavy atom. The Morgan fingerprint density at radius 3 is 2.68 bits per heavy atom. The fraction of sp³-hybridized carbons (Fsp3) is 0.250. The van der Waals surface area contributed by atoms with E-state index < -0.39 is 0 Å². The molecule has 1 aromatic heterocycles. The Labute approximate surface area is 166 Å². The quantitative estimate of drug-likeness (QED) is 0.485. The second kappa shape index (κ2) is 8.79. The lowest BCUT2D eigenvalue weighted by Crippen LogP contribution is -2.26. The highest BCUT2D eigenvalue weighted by Gasteiger charge is 2.13. The highest BCUT2D eigenvalue weighted by atomic mass is 32.2. The van der Waals surface area contributed by atoms with Crippen molar-refractivity contribution in [2.45, 2.75) is 11.7 Å². The summed E-state index contributed by atoms with van der Waals surface area (Å²) in [7, 11) is 4.78. The van der Waals surface area contributed by atoms with Crippen LogP contribution in [0.2, 0.25) is 0 Å². The minimum Gasteiger partial charge on any atom is -0.493 e. The van der Waals surface area contributed by atoms with E-state index in [4.69, 9.17) is 9.47 Å². The van der Waals surface area contributed by atoms with Gasteiger partial charge in [0.2, 0.25) is 5.91 Å². The first-order chi connectivity index (χ1) is 13.5. The second-order valence-corrected chi connectivity index (χ2v) is 6.94. The van der Waals surface area contributed by atoms with Gasteiger partial charge in [-0.05, 0) is 18.2 Å². The molecule has 0 saturated carbocycles. The first kappa shape index (κ1) is 19.8. The van der Waals surface area contributed by atoms with E-state index in [1.54, 1.807) is 45.5 Å². The zero-order valence-corrected chi connectivity index (χ0v) is 16.7. The average Bonchev–Trinajstić information content (AvgIpc) is 2.73. The maximum Gasteiger partial charge on any atom is 0.261 e. The van der Waals surface area contributed by atoms with E-state index in [1.807, 2.05) is 18.2 Å². The summed E-state index contributed by atoms with van der Waals surface area (Å²) in [5, 5.41) is 3.91. The minimum absolute atomic E-state index is 0.130. The standard InChI is InChI=1S/C20H21N3O4S/c1-23-19(25)14-8-4-5-9-15(14)22-20(23)28-12-17(24)21-11-13-7-6-10-16(26-2)18(13)27-3/h4-10H,11-12H2,1-3H3,(H,21,24). The van der Waals surface area contributed by atoms with Gasteiger partial charge in [0.05, 0.1) is 30.9 Å². The van der Waals surface area contributed by atoms with Crippen molar-refractivity contribution >= 4 is 28.6 Å². The third kappa shape index (κ3) is 4.12. The number of thioether (sulfide) groups is 1. The molecule has 0 aliphatic rings. The van der Waals surface area contributed by atoms with E-state index in [1.165, 1.54) is 16.3 Å². The number of methoxy groups -OCH3 is 2. The van der Waals surface area contributed by atoms with Crippen LogP contribution >= 0.6 is 11.8 Å². The topological polar surface area (TPSA) is 82.5 Å². The van der Waals surface area contributed by atoms with Gasteiger partial charge in [-0.1, -0.05) is 36.0 Å². The van der Waals surface area contributed by atoms with Gasteiger partial charge in [0.15, 0.2) is 16.7 Å². The minimum atomic E-state index is -0.169. The van der Waals surface area contributed by atoms with Gasteiger partial charge in [-0.2, -0.15) is 0 Å². The van der Waals surface area contributed by atoms with Crippen molar-refractivity contribution in [1.29, 1.82) is 0 Å². The molecule has 28 heavy (non-hydrogen) atoms. The van der Waals surface area contributed by atoms with Gasteiger partial charge < -0.3 is 14.8 Å². The molecule has 0 atom stereocenters. The Morgan fingerprint density at radius 2 is 1.93 bits per heavy atom. The molecule has 1 heterocycles. The molecule has 1 amide bonds. The molecule has 8 heteroatoms. The van der Waals surface area contributed by atoms with Gasteiger partial charge in [-0.3, -0.25) is 14.2 Å². The molecule has 1 N–H and O–H groups in total. The Kier molecular flexibility index (Phi) is 6.20. The van der Waals surface area contributed by atoms with Crippen molar-refractivity contribution in [2.75, 3.05) is 20.0 Å². The van der Waals surface area contributed by atoms with E-state index in [9.17, 15) is 9.59 Å². The fourth-order valence-electron chi connectivity index (χ4n) is 2.79. The number of nitrogens with one attached hydrogen (secondary N) is 1. The molecule has 0 aliphatic carbocycles. The number of rotatable bonds is 7. The number of ether oxygens (including phenoxy) is 2. The van der Waals surface area contributed by atoms with Crippen LogP contribution in [0.25, 0.3) is 10.9 Å². The number of amides is 1. The summed E-state index contributed by atoms with van der Waals surface area (Å²) < 4.78 is 12.1. The second-order valence-electron chi connectivity index (χ2n) is 5.99. The summed E-state index contributed by atoms with van der Waals surface area (Å²) in [5.74, 6) is 1.18. The molecular weight excluding hydrogens is 378 g/mol. The molecule has 3 rings (SSSR count). The van der Waals surface area contributed by atoms with Crippen LogP contribution in [0.15, 0.2) is 52.4 Å². The van der Waals surface area contributed by atoms with Crippen molar-refractivity contribution in [1.82, 2.24) is 14.9 Å². The number of nitrogens with zero attached hydrogens (tertiary/aromatic N) is 2. The van der Waals surface area contributed by atoms with E-state index >= 15 is 0 Å². The van der Waals surface area contributed by atoms with Gasteiger partial charge in [-0.25, -0.2) is 4.98 Å².